The molecule has 2 rings (SSSR count). The van der Waals surface area contributed by atoms with Crippen LogP contribution in [0.25, 0.3) is 0 Å². The quantitative estimate of drug-likeness (QED) is 0.798. The van der Waals surface area contributed by atoms with E-state index in [-0.39, 0.29) is 5.97 Å². The molecule has 1 aromatic rings. The Kier molecular flexibility index (Phi) is 3.17. The third-order valence-electron chi connectivity index (χ3n) is 2.97. The number of ether oxygens (including phenoxy) is 2. The molecule has 1 heterocycles. The van der Waals surface area contributed by atoms with Crippen molar-refractivity contribution in [2.45, 2.75) is 32.6 Å². The predicted molar refractivity (Wildman–Crippen MR) is 59.9 cm³/mol. The Labute approximate surface area is 94.9 Å². The van der Waals surface area contributed by atoms with Gasteiger partial charge in [0.1, 0.15) is 5.69 Å². The van der Waals surface area contributed by atoms with Gasteiger partial charge in [-0.2, -0.15) is 0 Å². The molecule has 1 aliphatic rings. The zero-order valence-corrected chi connectivity index (χ0v) is 9.76. The minimum Gasteiger partial charge on any atom is -0.482 e. The molecule has 16 heavy (non-hydrogen) atoms. The Hall–Kier alpha value is -1.45. The molecule has 4 nitrogen and oxygen atoms in total. The van der Waals surface area contributed by atoms with Crippen molar-refractivity contribution >= 4 is 5.97 Å². The lowest BCUT2D eigenvalue weighted by molar-refractivity contribution is 0.0518. The Morgan fingerprint density at radius 1 is 1.31 bits per heavy atom. The van der Waals surface area contributed by atoms with Crippen molar-refractivity contribution in [3.8, 4) is 5.88 Å². The van der Waals surface area contributed by atoms with Crippen LogP contribution in [-0.2, 0) is 17.6 Å². The van der Waals surface area contributed by atoms with Gasteiger partial charge in [-0.25, -0.2) is 4.79 Å². The summed E-state index contributed by atoms with van der Waals surface area (Å²) in [5.74, 6) is 0.446. The molecule has 0 aliphatic heterocycles. The number of methoxy groups -OCH3 is 1. The molecule has 1 aliphatic carbocycles. The SMILES string of the molecule is CCOC(=O)c1[nH]c(OC)c2c1CCCC2. The molecule has 0 fully saturated rings. The molecule has 0 unspecified atom stereocenters. The van der Waals surface area contributed by atoms with Crippen LogP contribution in [-0.4, -0.2) is 24.7 Å². The van der Waals surface area contributed by atoms with Gasteiger partial charge in [0.15, 0.2) is 5.88 Å². The number of aromatic nitrogens is 1. The summed E-state index contributed by atoms with van der Waals surface area (Å²) in [5.41, 5.74) is 2.81. The van der Waals surface area contributed by atoms with Crippen LogP contribution in [0.3, 0.4) is 0 Å². The van der Waals surface area contributed by atoms with Crippen molar-refractivity contribution < 1.29 is 14.3 Å². The van der Waals surface area contributed by atoms with E-state index in [9.17, 15) is 4.79 Å². The fourth-order valence-corrected chi connectivity index (χ4v) is 2.25. The number of carbonyl (C=O) groups is 1. The predicted octanol–water partition coefficient (Wildman–Crippen LogP) is 2.08. The van der Waals surface area contributed by atoms with Crippen LogP contribution < -0.4 is 4.74 Å². The third kappa shape index (κ3) is 1.79. The standard InChI is InChI=1S/C12H17NO3/c1-3-16-12(14)10-8-6-4-5-7-9(8)11(13-10)15-2/h13H,3-7H2,1-2H3. The van der Waals surface area contributed by atoms with Crippen LogP contribution in [0.5, 0.6) is 5.88 Å². The summed E-state index contributed by atoms with van der Waals surface area (Å²) in [4.78, 5) is 14.8. The van der Waals surface area contributed by atoms with Gasteiger partial charge in [0, 0.05) is 5.56 Å². The Bertz CT molecular complexity index is 395. The number of carbonyl (C=O) groups excluding carboxylic acids is 1. The lowest BCUT2D eigenvalue weighted by atomic mass is 9.93. The zero-order valence-electron chi connectivity index (χ0n) is 9.76. The van der Waals surface area contributed by atoms with Crippen LogP contribution in [0.4, 0.5) is 0 Å². The lowest BCUT2D eigenvalue weighted by Gasteiger charge is -2.12. The molecule has 88 valence electrons. The molecule has 0 amide bonds. The molecule has 1 N–H and O–H groups in total. The zero-order chi connectivity index (χ0) is 11.5. The monoisotopic (exact) mass is 223 g/mol. The summed E-state index contributed by atoms with van der Waals surface area (Å²) in [6, 6.07) is 0. The summed E-state index contributed by atoms with van der Waals surface area (Å²) in [6.45, 7) is 2.21. The van der Waals surface area contributed by atoms with Crippen LogP contribution in [0.2, 0.25) is 0 Å². The number of H-pyrrole nitrogens is 1. The highest BCUT2D eigenvalue weighted by Crippen LogP contribution is 2.32. The third-order valence-corrected chi connectivity index (χ3v) is 2.97. The largest absolute Gasteiger partial charge is 0.482 e. The van der Waals surface area contributed by atoms with Gasteiger partial charge in [0.05, 0.1) is 13.7 Å². The number of hydrogen-bond acceptors (Lipinski definition) is 3. The number of hydrogen-bond donors (Lipinski definition) is 1. The molecule has 0 aromatic carbocycles. The topological polar surface area (TPSA) is 51.3 Å². The van der Waals surface area contributed by atoms with Crippen molar-refractivity contribution in [1.29, 1.82) is 0 Å². The summed E-state index contributed by atoms with van der Waals surface area (Å²) in [5, 5.41) is 0. The van der Waals surface area contributed by atoms with Crippen LogP contribution in [0.1, 0.15) is 41.4 Å². The van der Waals surface area contributed by atoms with Gasteiger partial charge in [-0.15, -0.1) is 0 Å². The van der Waals surface area contributed by atoms with Crippen molar-refractivity contribution in [1.82, 2.24) is 4.98 Å². The van der Waals surface area contributed by atoms with Crippen LogP contribution >= 0.6 is 0 Å². The molecule has 0 bridgehead atoms. The first-order valence-corrected chi connectivity index (χ1v) is 5.72. The van der Waals surface area contributed by atoms with Gasteiger partial charge in [-0.05, 0) is 38.2 Å². The molecule has 4 heteroatoms. The van der Waals surface area contributed by atoms with Gasteiger partial charge < -0.3 is 14.5 Å². The second-order valence-electron chi connectivity index (χ2n) is 3.92. The summed E-state index contributed by atoms with van der Waals surface area (Å²) < 4.78 is 10.3. The summed E-state index contributed by atoms with van der Waals surface area (Å²) >= 11 is 0. The average Bonchev–Trinajstić information content (AvgIpc) is 2.68. The number of aromatic amines is 1. The second kappa shape index (κ2) is 4.60. The maximum atomic E-state index is 11.7. The highest BCUT2D eigenvalue weighted by Gasteiger charge is 2.25. The van der Waals surface area contributed by atoms with E-state index in [0.717, 1.165) is 42.7 Å². The van der Waals surface area contributed by atoms with Crippen LogP contribution in [0, 0.1) is 0 Å². The van der Waals surface area contributed by atoms with E-state index in [4.69, 9.17) is 9.47 Å². The molecule has 0 spiro atoms. The molecule has 0 radical (unpaired) electrons. The molecular weight excluding hydrogens is 206 g/mol. The Balaban J connectivity index is 2.38. The van der Waals surface area contributed by atoms with Crippen molar-refractivity contribution in [2.75, 3.05) is 13.7 Å². The normalized spacial score (nSPS) is 14.4. The first-order valence-electron chi connectivity index (χ1n) is 5.72. The highest BCUT2D eigenvalue weighted by atomic mass is 16.5. The van der Waals surface area contributed by atoms with E-state index in [1.54, 1.807) is 7.11 Å². The number of rotatable bonds is 3. The van der Waals surface area contributed by atoms with Crippen LogP contribution in [0.15, 0.2) is 0 Å². The fraction of sp³-hybridized carbons (Fsp3) is 0.583. The van der Waals surface area contributed by atoms with Gasteiger partial charge in [-0.3, -0.25) is 0 Å². The lowest BCUT2D eigenvalue weighted by Crippen LogP contribution is -2.10. The maximum absolute atomic E-state index is 11.7. The first-order chi connectivity index (χ1) is 7.77. The second-order valence-corrected chi connectivity index (χ2v) is 3.92. The Morgan fingerprint density at radius 3 is 2.62 bits per heavy atom. The van der Waals surface area contributed by atoms with Gasteiger partial charge >= 0.3 is 5.97 Å². The maximum Gasteiger partial charge on any atom is 0.355 e. The molecule has 0 saturated carbocycles. The van der Waals surface area contributed by atoms with Crippen molar-refractivity contribution in [3.63, 3.8) is 0 Å². The van der Waals surface area contributed by atoms with E-state index in [2.05, 4.69) is 4.98 Å². The van der Waals surface area contributed by atoms with E-state index in [1.807, 2.05) is 6.92 Å². The fourth-order valence-electron chi connectivity index (χ4n) is 2.25. The van der Waals surface area contributed by atoms with Gasteiger partial charge in [0.25, 0.3) is 0 Å². The van der Waals surface area contributed by atoms with Crippen molar-refractivity contribution in [3.05, 3.63) is 16.8 Å². The molecule has 1 aromatic heterocycles. The summed E-state index contributed by atoms with van der Waals surface area (Å²) in [6.07, 6.45) is 4.20. The van der Waals surface area contributed by atoms with E-state index >= 15 is 0 Å². The minimum atomic E-state index is -0.274. The van der Waals surface area contributed by atoms with Crippen molar-refractivity contribution in [2.24, 2.45) is 0 Å². The highest BCUT2D eigenvalue weighted by molar-refractivity contribution is 5.90. The Morgan fingerprint density at radius 2 is 2.00 bits per heavy atom. The number of fused-ring (bicyclic) bond motifs is 1. The van der Waals surface area contributed by atoms with Gasteiger partial charge in [0.2, 0.25) is 0 Å². The molecule has 0 saturated heterocycles. The molecule has 0 atom stereocenters. The summed E-state index contributed by atoms with van der Waals surface area (Å²) in [7, 11) is 1.62. The number of esters is 1. The van der Waals surface area contributed by atoms with E-state index < -0.39 is 0 Å². The minimum absolute atomic E-state index is 0.274. The first kappa shape index (κ1) is 11.0. The smallest absolute Gasteiger partial charge is 0.355 e. The number of nitrogens with one attached hydrogen (secondary N) is 1. The molecular formula is C12H17NO3. The van der Waals surface area contributed by atoms with E-state index in [0.29, 0.717) is 12.3 Å². The van der Waals surface area contributed by atoms with Gasteiger partial charge in [-0.1, -0.05) is 0 Å². The van der Waals surface area contributed by atoms with E-state index in [1.165, 1.54) is 0 Å². The average molecular weight is 223 g/mol.